The molecule has 6 heteroatoms. The van der Waals surface area contributed by atoms with E-state index in [1.54, 1.807) is 6.08 Å². The molecule has 0 bridgehead atoms. The third-order valence-corrected chi connectivity index (χ3v) is 14.5. The average Bonchev–Trinajstić information content (AvgIpc) is 3.46. The molecule has 0 saturated heterocycles. The van der Waals surface area contributed by atoms with Crippen LogP contribution in [0.2, 0.25) is 0 Å². The molecule has 0 amide bonds. The van der Waals surface area contributed by atoms with Gasteiger partial charge in [-0.2, -0.15) is 0 Å². The molecule has 462 valence electrons. The highest BCUT2D eigenvalue weighted by molar-refractivity contribution is 5.72. The van der Waals surface area contributed by atoms with Crippen molar-refractivity contribution in [1.82, 2.24) is 0 Å². The zero-order valence-corrected chi connectivity index (χ0v) is 53.0. The third kappa shape index (κ3) is 66.5. The van der Waals surface area contributed by atoms with E-state index in [9.17, 15) is 14.4 Å². The van der Waals surface area contributed by atoms with Crippen LogP contribution in [0, 0.1) is 0 Å². The second-order valence-corrected chi connectivity index (χ2v) is 22.3. The predicted octanol–water partition coefficient (Wildman–Crippen LogP) is 23.6. The van der Waals surface area contributed by atoms with Crippen molar-refractivity contribution in [3.63, 3.8) is 0 Å². The highest BCUT2D eigenvalue weighted by atomic mass is 16.6. The number of hydrogen-bond acceptors (Lipinski definition) is 6. The van der Waals surface area contributed by atoms with Gasteiger partial charge in [0.05, 0.1) is 6.42 Å². The fraction of sp³-hybridized carbons (Fsp3) is 0.693. The maximum absolute atomic E-state index is 12.8. The molecule has 0 aromatic heterocycles. The van der Waals surface area contributed by atoms with Crippen molar-refractivity contribution >= 4 is 17.9 Å². The molecule has 0 saturated carbocycles. The van der Waals surface area contributed by atoms with Gasteiger partial charge in [-0.15, -0.1) is 0 Å². The summed E-state index contributed by atoms with van der Waals surface area (Å²) in [6.45, 7) is 6.33. The first-order valence-corrected chi connectivity index (χ1v) is 34.0. The van der Waals surface area contributed by atoms with E-state index in [1.807, 2.05) is 6.08 Å². The number of hydrogen-bond donors (Lipinski definition) is 0. The van der Waals surface area contributed by atoms with Crippen molar-refractivity contribution in [2.45, 2.75) is 322 Å². The van der Waals surface area contributed by atoms with Crippen LogP contribution in [0.3, 0.4) is 0 Å². The maximum atomic E-state index is 12.8. The second-order valence-electron chi connectivity index (χ2n) is 22.3. The Morgan fingerprint density at radius 1 is 0.272 bits per heavy atom. The lowest BCUT2D eigenvalue weighted by atomic mass is 10.0. The Hall–Kier alpha value is -4.19. The summed E-state index contributed by atoms with van der Waals surface area (Å²) in [7, 11) is 0. The molecule has 0 aliphatic heterocycles. The summed E-state index contributed by atoms with van der Waals surface area (Å²) in [6.07, 6.45) is 95.6. The van der Waals surface area contributed by atoms with Crippen molar-refractivity contribution in [1.29, 1.82) is 0 Å². The standard InChI is InChI=1S/C75H126O6/c1-4-7-10-13-16-19-22-25-27-28-29-30-31-32-33-34-35-36-37-38-39-40-41-42-43-44-45-46-48-50-53-56-59-62-65-68-74(77)80-71-72(70-79-73(76)67-64-61-58-55-52-49-24-21-18-15-12-9-6-3)81-75(78)69-66-63-60-57-54-51-47-26-23-20-17-14-11-8-5-2/h7-8,10-11,16-17,19-21,24-27,29-30,47,54,57,63,66,72H,4-6,9,12-15,18,22-23,28,31-46,48-53,55-56,58-62,64-65,67-71H2,1-3H3/b10-7-,11-8-,19-16-,20-17-,24-21-,27-25-,30-29-,47-26-,57-54-,66-63-. The van der Waals surface area contributed by atoms with Gasteiger partial charge in [0.15, 0.2) is 6.10 Å². The maximum Gasteiger partial charge on any atom is 0.310 e. The van der Waals surface area contributed by atoms with Gasteiger partial charge in [-0.25, -0.2) is 0 Å². The van der Waals surface area contributed by atoms with Gasteiger partial charge in [-0.05, 0) is 109 Å². The zero-order chi connectivity index (χ0) is 58.5. The third-order valence-electron chi connectivity index (χ3n) is 14.5. The summed E-state index contributed by atoms with van der Waals surface area (Å²) in [4.78, 5) is 38.2. The first kappa shape index (κ1) is 76.8. The molecule has 0 heterocycles. The Bertz CT molecular complexity index is 1670. The molecule has 0 aliphatic carbocycles. The number of carbonyl (C=O) groups is 3. The molecule has 1 atom stereocenters. The fourth-order valence-corrected chi connectivity index (χ4v) is 9.45. The summed E-state index contributed by atoms with van der Waals surface area (Å²) in [5.74, 6) is -1.05. The molecule has 0 radical (unpaired) electrons. The summed E-state index contributed by atoms with van der Waals surface area (Å²) < 4.78 is 16.8. The topological polar surface area (TPSA) is 78.9 Å². The van der Waals surface area contributed by atoms with Crippen LogP contribution in [0.5, 0.6) is 0 Å². The van der Waals surface area contributed by atoms with E-state index in [1.165, 1.54) is 167 Å². The van der Waals surface area contributed by atoms with Crippen molar-refractivity contribution in [2.24, 2.45) is 0 Å². The van der Waals surface area contributed by atoms with Crippen molar-refractivity contribution in [3.8, 4) is 0 Å². The lowest BCUT2D eigenvalue weighted by Gasteiger charge is -2.18. The summed E-state index contributed by atoms with van der Waals surface area (Å²) in [5.41, 5.74) is 0. The van der Waals surface area contributed by atoms with Gasteiger partial charge in [0.25, 0.3) is 0 Å². The van der Waals surface area contributed by atoms with E-state index >= 15 is 0 Å². The molecule has 0 N–H and O–H groups in total. The van der Waals surface area contributed by atoms with Crippen LogP contribution in [-0.4, -0.2) is 37.2 Å². The first-order valence-electron chi connectivity index (χ1n) is 34.0. The molecule has 0 fully saturated rings. The largest absolute Gasteiger partial charge is 0.462 e. The van der Waals surface area contributed by atoms with Gasteiger partial charge in [0.1, 0.15) is 13.2 Å². The van der Waals surface area contributed by atoms with Crippen LogP contribution in [0.25, 0.3) is 0 Å². The molecule has 0 aromatic carbocycles. The molecular weight excluding hydrogens is 997 g/mol. The zero-order valence-electron chi connectivity index (χ0n) is 53.0. The van der Waals surface area contributed by atoms with Gasteiger partial charge in [-0.3, -0.25) is 14.4 Å². The quantitative estimate of drug-likeness (QED) is 0.0261. The van der Waals surface area contributed by atoms with E-state index in [-0.39, 0.29) is 31.6 Å². The Kier molecular flexibility index (Phi) is 64.8. The van der Waals surface area contributed by atoms with Crippen molar-refractivity contribution in [2.75, 3.05) is 13.2 Å². The van der Waals surface area contributed by atoms with Gasteiger partial charge in [0, 0.05) is 12.8 Å². The minimum atomic E-state index is -0.836. The number of carbonyl (C=O) groups excluding carboxylic acids is 3. The van der Waals surface area contributed by atoms with Crippen LogP contribution in [0.4, 0.5) is 0 Å². The van der Waals surface area contributed by atoms with Crippen molar-refractivity contribution in [3.05, 3.63) is 122 Å². The molecule has 0 aliphatic rings. The van der Waals surface area contributed by atoms with Crippen LogP contribution < -0.4 is 0 Å². The molecule has 0 spiro atoms. The number of unbranched alkanes of at least 4 members (excludes halogenated alkanes) is 31. The Balaban J connectivity index is 4.15. The number of allylic oxidation sites excluding steroid dienone is 19. The van der Waals surface area contributed by atoms with Gasteiger partial charge >= 0.3 is 17.9 Å². The van der Waals surface area contributed by atoms with E-state index in [4.69, 9.17) is 14.2 Å². The molecule has 81 heavy (non-hydrogen) atoms. The van der Waals surface area contributed by atoms with E-state index in [2.05, 4.69) is 130 Å². The lowest BCUT2D eigenvalue weighted by Crippen LogP contribution is -2.30. The van der Waals surface area contributed by atoms with Crippen molar-refractivity contribution < 1.29 is 28.6 Å². The highest BCUT2D eigenvalue weighted by Gasteiger charge is 2.19. The Morgan fingerprint density at radius 2 is 0.519 bits per heavy atom. The predicted molar refractivity (Wildman–Crippen MR) is 353 cm³/mol. The minimum absolute atomic E-state index is 0.0946. The van der Waals surface area contributed by atoms with E-state index < -0.39 is 12.1 Å². The molecular formula is C75H126O6. The highest BCUT2D eigenvalue weighted by Crippen LogP contribution is 2.17. The fourth-order valence-electron chi connectivity index (χ4n) is 9.45. The molecule has 6 nitrogen and oxygen atoms in total. The summed E-state index contributed by atoms with van der Waals surface area (Å²) >= 11 is 0. The number of ether oxygens (including phenoxy) is 3. The Labute approximate surface area is 501 Å². The SMILES string of the molecule is CC/C=C\C/C=C\C/C=C\C/C=C\C/C=C\CC(=O)OC(COC(=O)CCCCCCC/C=C\CCCCCC)COC(=O)CCCCCCCCCCCCCCCCCCCCCCCC/C=C\C/C=C\C/C=C\C/C=C\CC. The second kappa shape index (κ2) is 68.3. The molecule has 0 aromatic rings. The molecule has 1 unspecified atom stereocenters. The van der Waals surface area contributed by atoms with Gasteiger partial charge < -0.3 is 14.2 Å². The number of rotatable bonds is 61. The summed E-state index contributed by atoms with van der Waals surface area (Å²) in [5, 5.41) is 0. The number of esters is 3. The monoisotopic (exact) mass is 1120 g/mol. The van der Waals surface area contributed by atoms with Gasteiger partial charge in [-0.1, -0.05) is 309 Å². The van der Waals surface area contributed by atoms with Crippen LogP contribution in [-0.2, 0) is 28.6 Å². The van der Waals surface area contributed by atoms with Gasteiger partial charge in [0.2, 0.25) is 0 Å². The summed E-state index contributed by atoms with van der Waals surface area (Å²) in [6, 6.07) is 0. The first-order chi connectivity index (χ1) is 40.0. The Morgan fingerprint density at radius 3 is 0.827 bits per heavy atom. The van der Waals surface area contributed by atoms with E-state index in [0.29, 0.717) is 12.8 Å². The normalized spacial score (nSPS) is 12.9. The average molecular weight is 1120 g/mol. The minimum Gasteiger partial charge on any atom is -0.462 e. The van der Waals surface area contributed by atoms with Crippen LogP contribution in [0.15, 0.2) is 122 Å². The molecule has 0 rings (SSSR count). The van der Waals surface area contributed by atoms with E-state index in [0.717, 1.165) is 109 Å². The lowest BCUT2D eigenvalue weighted by molar-refractivity contribution is -0.166. The van der Waals surface area contributed by atoms with Crippen LogP contribution >= 0.6 is 0 Å². The smallest absolute Gasteiger partial charge is 0.310 e. The van der Waals surface area contributed by atoms with Crippen LogP contribution in [0.1, 0.15) is 316 Å².